The molecule has 2 N–H and O–H groups in total. The van der Waals surface area contributed by atoms with Crippen LogP contribution in [0.3, 0.4) is 0 Å². The highest BCUT2D eigenvalue weighted by atomic mass is 32.1. The minimum absolute atomic E-state index is 0.430. The summed E-state index contributed by atoms with van der Waals surface area (Å²) in [5.74, 6) is 1.40. The Morgan fingerprint density at radius 2 is 2.21 bits per heavy atom. The van der Waals surface area contributed by atoms with Gasteiger partial charge in [0.25, 0.3) is 0 Å². The Bertz CT molecular complexity index is 967. The zero-order chi connectivity index (χ0) is 16.5. The van der Waals surface area contributed by atoms with E-state index in [-0.39, 0.29) is 0 Å². The maximum Gasteiger partial charge on any atom is 0.216 e. The van der Waals surface area contributed by atoms with Crippen LogP contribution in [0.4, 0.5) is 0 Å². The summed E-state index contributed by atoms with van der Waals surface area (Å²) in [6.07, 6.45) is 4.89. The topological polar surface area (TPSA) is 83.9 Å². The Hall–Kier alpha value is -2.74. The van der Waals surface area contributed by atoms with Crippen LogP contribution in [-0.2, 0) is 12.8 Å². The van der Waals surface area contributed by atoms with E-state index in [0.717, 1.165) is 36.3 Å². The highest BCUT2D eigenvalue weighted by Crippen LogP contribution is 2.29. The summed E-state index contributed by atoms with van der Waals surface area (Å²) in [5, 5.41) is 19.1. The van der Waals surface area contributed by atoms with Gasteiger partial charge in [-0.25, -0.2) is 5.10 Å². The summed E-state index contributed by atoms with van der Waals surface area (Å²) >= 11 is 5.31. The maximum absolute atomic E-state index is 5.31. The zero-order valence-electron chi connectivity index (χ0n) is 13.1. The molecule has 0 aliphatic heterocycles. The average molecular weight is 340 g/mol. The van der Waals surface area contributed by atoms with Gasteiger partial charge in [-0.05, 0) is 49.2 Å². The van der Waals surface area contributed by atoms with Crippen molar-refractivity contribution in [2.75, 3.05) is 7.11 Å². The van der Waals surface area contributed by atoms with Gasteiger partial charge in [-0.15, -0.1) is 0 Å². The Morgan fingerprint density at radius 1 is 1.29 bits per heavy atom. The lowest BCUT2D eigenvalue weighted by molar-refractivity contribution is 0.415. The molecule has 0 radical (unpaired) electrons. The molecule has 3 aromatic rings. The zero-order valence-corrected chi connectivity index (χ0v) is 13.9. The van der Waals surface area contributed by atoms with E-state index in [4.69, 9.17) is 17.0 Å². The molecular formula is C16H16N6OS. The molecule has 0 saturated heterocycles. The van der Waals surface area contributed by atoms with E-state index < -0.39 is 0 Å². The Kier molecular flexibility index (Phi) is 3.73. The van der Waals surface area contributed by atoms with Crippen LogP contribution in [0.1, 0.15) is 23.2 Å². The second-order valence-corrected chi connectivity index (χ2v) is 5.95. The molecule has 1 aliphatic carbocycles. The van der Waals surface area contributed by atoms with E-state index in [0.29, 0.717) is 10.6 Å². The van der Waals surface area contributed by atoms with Crippen LogP contribution in [0.15, 0.2) is 29.4 Å². The molecule has 4 rings (SSSR count). The van der Waals surface area contributed by atoms with Crippen molar-refractivity contribution in [2.45, 2.75) is 19.3 Å². The number of nitrogens with one attached hydrogen (secondary N) is 2. The lowest BCUT2D eigenvalue weighted by Gasteiger charge is -2.01. The standard InChI is InChI=1S/C16H16N6OS/c1-23-11-5-2-4-10(8-11)9-17-22-15(20-21-16(22)24)14-12-6-3-7-13(12)18-19-14/h2,4-5,8-9H,3,6-7H2,1H3,(H,18,19)(H,21,24)/b17-9+. The summed E-state index contributed by atoms with van der Waals surface area (Å²) in [6.45, 7) is 0. The lowest BCUT2D eigenvalue weighted by Crippen LogP contribution is -1.97. The van der Waals surface area contributed by atoms with Gasteiger partial charge in [0, 0.05) is 11.3 Å². The fraction of sp³-hybridized carbons (Fsp3) is 0.250. The Labute approximate surface area is 143 Å². The molecule has 1 aromatic carbocycles. The molecular weight excluding hydrogens is 324 g/mol. The molecule has 0 atom stereocenters. The third kappa shape index (κ3) is 2.54. The summed E-state index contributed by atoms with van der Waals surface area (Å²) in [7, 11) is 1.64. The molecule has 0 spiro atoms. The number of nitrogens with zero attached hydrogens (tertiary/aromatic N) is 4. The molecule has 0 amide bonds. The summed E-state index contributed by atoms with van der Waals surface area (Å²) in [4.78, 5) is 0. The number of methoxy groups -OCH3 is 1. The van der Waals surface area contributed by atoms with Crippen LogP contribution in [-0.4, -0.2) is 38.4 Å². The van der Waals surface area contributed by atoms with Gasteiger partial charge in [-0.3, -0.25) is 5.10 Å². The van der Waals surface area contributed by atoms with Crippen molar-refractivity contribution in [3.05, 3.63) is 45.9 Å². The van der Waals surface area contributed by atoms with Gasteiger partial charge >= 0.3 is 0 Å². The highest BCUT2D eigenvalue weighted by Gasteiger charge is 2.23. The number of hydrogen-bond acceptors (Lipinski definition) is 5. The van der Waals surface area contributed by atoms with E-state index in [1.54, 1.807) is 18.0 Å². The minimum atomic E-state index is 0.430. The first-order valence-electron chi connectivity index (χ1n) is 7.68. The Morgan fingerprint density at radius 3 is 3.08 bits per heavy atom. The van der Waals surface area contributed by atoms with E-state index >= 15 is 0 Å². The second-order valence-electron chi connectivity index (χ2n) is 5.57. The summed E-state index contributed by atoms with van der Waals surface area (Å²) < 4.78 is 7.26. The molecule has 1 aliphatic rings. The van der Waals surface area contributed by atoms with Crippen LogP contribution in [0.25, 0.3) is 11.5 Å². The summed E-state index contributed by atoms with van der Waals surface area (Å²) in [5.41, 5.74) is 4.12. The third-order valence-electron chi connectivity index (χ3n) is 4.08. The van der Waals surface area contributed by atoms with Gasteiger partial charge in [0.05, 0.1) is 13.3 Å². The van der Waals surface area contributed by atoms with Crippen molar-refractivity contribution in [1.82, 2.24) is 25.1 Å². The van der Waals surface area contributed by atoms with E-state index in [2.05, 4.69) is 25.5 Å². The van der Waals surface area contributed by atoms with Gasteiger partial charge in [-0.1, -0.05) is 12.1 Å². The van der Waals surface area contributed by atoms with Crippen LogP contribution in [0, 0.1) is 4.77 Å². The number of H-pyrrole nitrogens is 2. The second kappa shape index (κ2) is 6.04. The number of ether oxygens (including phenoxy) is 1. The number of benzene rings is 1. The first-order valence-corrected chi connectivity index (χ1v) is 8.09. The van der Waals surface area contributed by atoms with Gasteiger partial charge < -0.3 is 4.74 Å². The van der Waals surface area contributed by atoms with Gasteiger partial charge in [0.15, 0.2) is 0 Å². The number of rotatable bonds is 4. The van der Waals surface area contributed by atoms with Crippen molar-refractivity contribution in [2.24, 2.45) is 5.10 Å². The normalized spacial score (nSPS) is 13.5. The van der Waals surface area contributed by atoms with Crippen molar-refractivity contribution >= 4 is 18.4 Å². The third-order valence-corrected chi connectivity index (χ3v) is 4.35. The number of aromatic amines is 2. The van der Waals surface area contributed by atoms with Gasteiger partial charge in [-0.2, -0.15) is 20.0 Å². The van der Waals surface area contributed by atoms with Gasteiger partial charge in [0.2, 0.25) is 10.6 Å². The molecule has 7 nitrogen and oxygen atoms in total. The first-order chi connectivity index (χ1) is 11.8. The quantitative estimate of drug-likeness (QED) is 0.565. The predicted octanol–water partition coefficient (Wildman–Crippen LogP) is 2.71. The predicted molar refractivity (Wildman–Crippen MR) is 93.0 cm³/mol. The molecule has 0 fully saturated rings. The number of aryl methyl sites for hydroxylation is 1. The van der Waals surface area contributed by atoms with Crippen molar-refractivity contribution in [3.8, 4) is 17.3 Å². The molecule has 0 saturated carbocycles. The van der Waals surface area contributed by atoms with Crippen LogP contribution in [0.2, 0.25) is 0 Å². The molecule has 0 unspecified atom stereocenters. The molecule has 122 valence electrons. The fourth-order valence-electron chi connectivity index (χ4n) is 2.90. The molecule has 0 bridgehead atoms. The minimum Gasteiger partial charge on any atom is -0.497 e. The van der Waals surface area contributed by atoms with Crippen molar-refractivity contribution in [3.63, 3.8) is 0 Å². The average Bonchev–Trinajstić information content (AvgIpc) is 3.29. The fourth-order valence-corrected chi connectivity index (χ4v) is 3.08. The largest absolute Gasteiger partial charge is 0.497 e. The molecule has 2 heterocycles. The van der Waals surface area contributed by atoms with Crippen molar-refractivity contribution in [1.29, 1.82) is 0 Å². The smallest absolute Gasteiger partial charge is 0.216 e. The van der Waals surface area contributed by atoms with E-state index in [1.165, 1.54) is 11.3 Å². The highest BCUT2D eigenvalue weighted by molar-refractivity contribution is 7.71. The van der Waals surface area contributed by atoms with Crippen LogP contribution >= 0.6 is 12.2 Å². The van der Waals surface area contributed by atoms with Crippen molar-refractivity contribution < 1.29 is 4.74 Å². The first kappa shape index (κ1) is 14.8. The SMILES string of the molecule is COc1cccc(/C=N/n2c(-c3n[nH]c4c3CCC4)n[nH]c2=S)c1. The number of fused-ring (bicyclic) bond motifs is 1. The molecule has 2 aromatic heterocycles. The summed E-state index contributed by atoms with van der Waals surface area (Å²) in [6, 6.07) is 7.65. The number of aromatic nitrogens is 5. The Balaban J connectivity index is 1.72. The lowest BCUT2D eigenvalue weighted by atomic mass is 10.2. The van der Waals surface area contributed by atoms with E-state index in [1.807, 2.05) is 24.3 Å². The van der Waals surface area contributed by atoms with Crippen LogP contribution in [0.5, 0.6) is 5.75 Å². The number of hydrogen-bond donors (Lipinski definition) is 2. The van der Waals surface area contributed by atoms with Crippen LogP contribution < -0.4 is 4.74 Å². The maximum atomic E-state index is 5.31. The monoisotopic (exact) mass is 340 g/mol. The van der Waals surface area contributed by atoms with E-state index in [9.17, 15) is 0 Å². The molecule has 8 heteroatoms. The molecule has 24 heavy (non-hydrogen) atoms. The van der Waals surface area contributed by atoms with Gasteiger partial charge in [0.1, 0.15) is 11.4 Å².